The Balaban J connectivity index is 1.50. The highest BCUT2D eigenvalue weighted by Crippen LogP contribution is 2.37. The van der Waals surface area contributed by atoms with Crippen molar-refractivity contribution in [2.24, 2.45) is 0 Å². The van der Waals surface area contributed by atoms with Gasteiger partial charge in [0.25, 0.3) is 0 Å². The number of aromatic nitrogens is 1. The van der Waals surface area contributed by atoms with Gasteiger partial charge in [0.05, 0.1) is 30.4 Å². The number of hydrogen-bond donors (Lipinski definition) is 0. The van der Waals surface area contributed by atoms with Crippen LogP contribution in [-0.4, -0.2) is 58.1 Å². The molecule has 0 radical (unpaired) electrons. The summed E-state index contributed by atoms with van der Waals surface area (Å²) in [5.41, 5.74) is 0.333. The fourth-order valence-electron chi connectivity index (χ4n) is 3.73. The van der Waals surface area contributed by atoms with Crippen molar-refractivity contribution in [1.29, 1.82) is 0 Å². The third-order valence-corrected chi connectivity index (χ3v) is 8.35. The Hall–Kier alpha value is -2.83. The molecule has 182 valence electrons. The molecule has 1 fully saturated rings. The van der Waals surface area contributed by atoms with Crippen LogP contribution in [0.15, 0.2) is 52.7 Å². The minimum Gasteiger partial charge on any atom is -0.497 e. The molecule has 0 aliphatic carbocycles. The summed E-state index contributed by atoms with van der Waals surface area (Å²) >= 11 is 1.40. The Bertz CT molecular complexity index is 1270. The van der Waals surface area contributed by atoms with Crippen molar-refractivity contribution < 1.29 is 31.1 Å². The minimum atomic E-state index is -4.76. The normalized spacial score (nSPS) is 15.4. The van der Waals surface area contributed by atoms with Crippen molar-refractivity contribution in [1.82, 2.24) is 9.29 Å². The molecule has 0 bridgehead atoms. The van der Waals surface area contributed by atoms with E-state index < -0.39 is 26.7 Å². The Kier molecular flexibility index (Phi) is 6.74. The first-order valence-corrected chi connectivity index (χ1v) is 12.6. The van der Waals surface area contributed by atoms with E-state index in [9.17, 15) is 21.6 Å². The Morgan fingerprint density at radius 1 is 1.00 bits per heavy atom. The highest BCUT2D eigenvalue weighted by molar-refractivity contribution is 7.89. The van der Waals surface area contributed by atoms with Crippen molar-refractivity contribution in [3.8, 4) is 22.8 Å². The minimum absolute atomic E-state index is 0.0509. The van der Waals surface area contributed by atoms with Crippen molar-refractivity contribution in [2.75, 3.05) is 45.3 Å². The van der Waals surface area contributed by atoms with Crippen molar-refractivity contribution >= 4 is 26.5 Å². The molecule has 1 aromatic heterocycles. The maximum absolute atomic E-state index is 13.4. The number of hydrogen-bond acceptors (Lipinski definition) is 7. The van der Waals surface area contributed by atoms with Gasteiger partial charge in [0, 0.05) is 43.2 Å². The molecule has 0 atom stereocenters. The predicted molar refractivity (Wildman–Crippen MR) is 123 cm³/mol. The van der Waals surface area contributed by atoms with Gasteiger partial charge in [-0.1, -0.05) is 12.1 Å². The zero-order chi connectivity index (χ0) is 24.5. The number of nitrogens with zero attached hydrogens (tertiary/aromatic N) is 3. The second kappa shape index (κ2) is 9.43. The first kappa shape index (κ1) is 24.3. The summed E-state index contributed by atoms with van der Waals surface area (Å²) in [5.74, 6) is 1.26. The van der Waals surface area contributed by atoms with Gasteiger partial charge in [0.15, 0.2) is 5.13 Å². The van der Waals surface area contributed by atoms with Gasteiger partial charge in [-0.2, -0.15) is 17.5 Å². The molecule has 2 aromatic carbocycles. The highest BCUT2D eigenvalue weighted by atomic mass is 32.2. The maximum atomic E-state index is 13.4. The molecule has 0 unspecified atom stereocenters. The average molecular weight is 514 g/mol. The Morgan fingerprint density at radius 3 is 2.35 bits per heavy atom. The van der Waals surface area contributed by atoms with Crippen LogP contribution >= 0.6 is 11.3 Å². The summed E-state index contributed by atoms with van der Waals surface area (Å²) < 4.78 is 77.8. The number of ether oxygens (including phenoxy) is 2. The van der Waals surface area contributed by atoms with Crippen molar-refractivity contribution in [3.05, 3.63) is 53.4 Å². The van der Waals surface area contributed by atoms with Gasteiger partial charge in [-0.3, -0.25) is 0 Å². The van der Waals surface area contributed by atoms with Crippen LogP contribution in [0.3, 0.4) is 0 Å². The third-order valence-electron chi connectivity index (χ3n) is 5.50. The summed E-state index contributed by atoms with van der Waals surface area (Å²) in [6.07, 6.45) is -4.76. The van der Waals surface area contributed by atoms with Crippen LogP contribution in [0.25, 0.3) is 11.3 Å². The second-order valence-electron chi connectivity index (χ2n) is 7.47. The van der Waals surface area contributed by atoms with E-state index in [1.165, 1.54) is 23.5 Å². The van der Waals surface area contributed by atoms with Crippen LogP contribution in [0.5, 0.6) is 11.5 Å². The maximum Gasteiger partial charge on any atom is 0.417 e. The smallest absolute Gasteiger partial charge is 0.417 e. The first-order chi connectivity index (χ1) is 16.1. The molecule has 0 spiro atoms. The summed E-state index contributed by atoms with van der Waals surface area (Å²) in [7, 11) is -1.17. The standard InChI is InChI=1S/C22H22F3N3O4S2/c1-31-15-7-8-16(19(13-15)32-2)18-14-33-21(26-18)27-9-11-28(12-10-27)34(29,30)20-6-4-3-5-17(20)22(23,24)25/h3-8,13-14H,9-12H2,1-2H3. The Labute approximate surface area is 199 Å². The molecule has 1 aliphatic rings. The van der Waals surface area contributed by atoms with E-state index >= 15 is 0 Å². The molecule has 34 heavy (non-hydrogen) atoms. The van der Waals surface area contributed by atoms with Crippen molar-refractivity contribution in [3.63, 3.8) is 0 Å². The van der Waals surface area contributed by atoms with Gasteiger partial charge in [-0.25, -0.2) is 13.4 Å². The number of sulfonamides is 1. The number of piperazine rings is 1. The topological polar surface area (TPSA) is 72.0 Å². The van der Waals surface area contributed by atoms with Crippen LogP contribution in [0.4, 0.5) is 18.3 Å². The van der Waals surface area contributed by atoms with E-state index in [0.717, 1.165) is 22.0 Å². The van der Waals surface area contributed by atoms with Crippen LogP contribution in [-0.2, 0) is 16.2 Å². The SMILES string of the molecule is COc1ccc(-c2csc(N3CCN(S(=O)(=O)c4ccccc4C(F)(F)F)CC3)n2)c(OC)c1. The van der Waals surface area contributed by atoms with Gasteiger partial charge in [-0.05, 0) is 24.3 Å². The molecule has 7 nitrogen and oxygen atoms in total. The number of halogens is 3. The summed E-state index contributed by atoms with van der Waals surface area (Å²) in [6, 6.07) is 9.67. The van der Waals surface area contributed by atoms with Crippen LogP contribution < -0.4 is 14.4 Å². The lowest BCUT2D eigenvalue weighted by atomic mass is 10.1. The van der Waals surface area contributed by atoms with E-state index in [4.69, 9.17) is 9.47 Å². The fraction of sp³-hybridized carbons (Fsp3) is 0.318. The molecule has 0 amide bonds. The summed E-state index contributed by atoms with van der Waals surface area (Å²) in [6.45, 7) is 0.713. The average Bonchev–Trinajstić information content (AvgIpc) is 3.33. The molecule has 0 N–H and O–H groups in total. The number of thiazole rings is 1. The monoisotopic (exact) mass is 513 g/mol. The van der Waals surface area contributed by atoms with Crippen molar-refractivity contribution in [2.45, 2.75) is 11.1 Å². The number of benzene rings is 2. The van der Waals surface area contributed by atoms with E-state index in [2.05, 4.69) is 4.98 Å². The van der Waals surface area contributed by atoms with E-state index in [1.54, 1.807) is 26.4 Å². The molecular formula is C22H22F3N3O4S2. The third kappa shape index (κ3) is 4.70. The van der Waals surface area contributed by atoms with Gasteiger partial charge in [0.1, 0.15) is 11.5 Å². The lowest BCUT2D eigenvalue weighted by molar-refractivity contribution is -0.139. The highest BCUT2D eigenvalue weighted by Gasteiger charge is 2.39. The van der Waals surface area contributed by atoms with Crippen LogP contribution in [0.2, 0.25) is 0 Å². The number of anilines is 1. The summed E-state index contributed by atoms with van der Waals surface area (Å²) in [5, 5.41) is 2.57. The molecule has 12 heteroatoms. The van der Waals surface area contributed by atoms with Gasteiger partial charge < -0.3 is 14.4 Å². The lowest BCUT2D eigenvalue weighted by Crippen LogP contribution is -2.48. The fourth-order valence-corrected chi connectivity index (χ4v) is 6.24. The zero-order valence-corrected chi connectivity index (χ0v) is 20.0. The molecule has 4 rings (SSSR count). The van der Waals surface area contributed by atoms with Gasteiger partial charge in [0.2, 0.25) is 10.0 Å². The van der Waals surface area contributed by atoms with Gasteiger partial charge >= 0.3 is 6.18 Å². The molecule has 1 aliphatic heterocycles. The number of alkyl halides is 3. The number of methoxy groups -OCH3 is 2. The van der Waals surface area contributed by atoms with Crippen LogP contribution in [0.1, 0.15) is 5.56 Å². The van der Waals surface area contributed by atoms with E-state index in [1.807, 2.05) is 16.3 Å². The Morgan fingerprint density at radius 2 is 1.71 bits per heavy atom. The van der Waals surface area contributed by atoms with E-state index in [-0.39, 0.29) is 13.1 Å². The molecule has 1 saturated heterocycles. The number of rotatable bonds is 6. The zero-order valence-electron chi connectivity index (χ0n) is 18.4. The van der Waals surface area contributed by atoms with Crippen LogP contribution in [0, 0.1) is 0 Å². The molecular weight excluding hydrogens is 491 g/mol. The molecule has 3 aromatic rings. The predicted octanol–water partition coefficient (Wildman–Crippen LogP) is 4.36. The lowest BCUT2D eigenvalue weighted by Gasteiger charge is -2.34. The quantitative estimate of drug-likeness (QED) is 0.488. The van der Waals surface area contributed by atoms with Gasteiger partial charge in [-0.15, -0.1) is 11.3 Å². The first-order valence-electron chi connectivity index (χ1n) is 10.2. The molecule has 0 saturated carbocycles. The second-order valence-corrected chi connectivity index (χ2v) is 10.2. The molecule has 2 heterocycles. The summed E-state index contributed by atoms with van der Waals surface area (Å²) in [4.78, 5) is 5.87. The largest absolute Gasteiger partial charge is 0.497 e. The van der Waals surface area contributed by atoms with E-state index in [0.29, 0.717) is 35.4 Å².